The highest BCUT2D eigenvalue weighted by molar-refractivity contribution is 5.40. The van der Waals surface area contributed by atoms with Gasteiger partial charge in [-0.25, -0.2) is 4.39 Å². The molecular weight excluding hydrogens is 265 g/mol. The zero-order chi connectivity index (χ0) is 15.6. The van der Waals surface area contributed by atoms with Crippen LogP contribution in [0, 0.1) is 12.7 Å². The first kappa shape index (κ1) is 15.5. The Morgan fingerprint density at radius 3 is 2.29 bits per heavy atom. The SMILES string of the molecule is Cc1cc(Oc2ccc(C(C)N)cc2F)ccc1C(C)C. The van der Waals surface area contributed by atoms with Gasteiger partial charge >= 0.3 is 0 Å². The van der Waals surface area contributed by atoms with Crippen molar-refractivity contribution in [1.82, 2.24) is 0 Å². The summed E-state index contributed by atoms with van der Waals surface area (Å²) in [5.41, 5.74) is 8.92. The molecule has 0 aliphatic heterocycles. The topological polar surface area (TPSA) is 35.2 Å². The molecular formula is C18H22FNO. The lowest BCUT2D eigenvalue weighted by atomic mass is 9.98. The number of nitrogens with two attached hydrogens (primary N) is 1. The van der Waals surface area contributed by atoms with E-state index < -0.39 is 5.82 Å². The first-order valence-electron chi connectivity index (χ1n) is 7.22. The molecule has 0 spiro atoms. The molecule has 21 heavy (non-hydrogen) atoms. The standard InChI is InChI=1S/C18H22FNO/c1-11(2)16-7-6-15(9-12(16)3)21-18-8-5-14(13(4)20)10-17(18)19/h5-11,13H,20H2,1-4H3. The van der Waals surface area contributed by atoms with Gasteiger partial charge < -0.3 is 10.5 Å². The van der Waals surface area contributed by atoms with Crippen LogP contribution in [0.3, 0.4) is 0 Å². The molecule has 2 rings (SSSR count). The largest absolute Gasteiger partial charge is 0.454 e. The third-order valence-corrected chi connectivity index (χ3v) is 3.57. The van der Waals surface area contributed by atoms with E-state index in [1.165, 1.54) is 11.6 Å². The summed E-state index contributed by atoms with van der Waals surface area (Å²) in [6.45, 7) is 8.16. The van der Waals surface area contributed by atoms with Gasteiger partial charge in [-0.2, -0.15) is 0 Å². The van der Waals surface area contributed by atoms with Crippen LogP contribution < -0.4 is 10.5 Å². The van der Waals surface area contributed by atoms with Gasteiger partial charge in [0, 0.05) is 6.04 Å². The fourth-order valence-corrected chi connectivity index (χ4v) is 2.37. The van der Waals surface area contributed by atoms with E-state index in [2.05, 4.69) is 13.8 Å². The van der Waals surface area contributed by atoms with E-state index in [4.69, 9.17) is 10.5 Å². The normalized spacial score (nSPS) is 12.5. The van der Waals surface area contributed by atoms with Gasteiger partial charge in [-0.3, -0.25) is 0 Å². The molecule has 0 bridgehead atoms. The second kappa shape index (κ2) is 6.27. The van der Waals surface area contributed by atoms with Gasteiger partial charge in [-0.1, -0.05) is 26.0 Å². The van der Waals surface area contributed by atoms with Crippen LogP contribution in [0.2, 0.25) is 0 Å². The fourth-order valence-electron chi connectivity index (χ4n) is 2.37. The highest BCUT2D eigenvalue weighted by Crippen LogP contribution is 2.29. The van der Waals surface area contributed by atoms with E-state index >= 15 is 0 Å². The zero-order valence-electron chi connectivity index (χ0n) is 13.0. The fraction of sp³-hybridized carbons (Fsp3) is 0.333. The minimum atomic E-state index is -0.393. The maximum absolute atomic E-state index is 14.0. The molecule has 0 saturated carbocycles. The molecule has 2 N–H and O–H groups in total. The number of benzene rings is 2. The molecule has 112 valence electrons. The van der Waals surface area contributed by atoms with E-state index in [1.807, 2.05) is 32.0 Å². The molecule has 0 aliphatic rings. The molecule has 0 heterocycles. The molecule has 2 aromatic carbocycles. The summed E-state index contributed by atoms with van der Waals surface area (Å²) >= 11 is 0. The van der Waals surface area contributed by atoms with Crippen LogP contribution in [0.5, 0.6) is 11.5 Å². The average Bonchev–Trinajstić information content (AvgIpc) is 2.40. The third-order valence-electron chi connectivity index (χ3n) is 3.57. The van der Waals surface area contributed by atoms with Gasteiger partial charge in [-0.05, 0) is 60.7 Å². The molecule has 0 radical (unpaired) electrons. The summed E-state index contributed by atoms with van der Waals surface area (Å²) in [6, 6.07) is 10.5. The Morgan fingerprint density at radius 2 is 1.76 bits per heavy atom. The Hall–Kier alpha value is -1.87. The first-order chi connectivity index (χ1) is 9.88. The lowest BCUT2D eigenvalue weighted by Crippen LogP contribution is -2.05. The van der Waals surface area contributed by atoms with Gasteiger partial charge in [0.05, 0.1) is 0 Å². The van der Waals surface area contributed by atoms with Crippen LogP contribution >= 0.6 is 0 Å². The summed E-state index contributed by atoms with van der Waals surface area (Å²) in [4.78, 5) is 0. The monoisotopic (exact) mass is 287 g/mol. The van der Waals surface area contributed by atoms with Crippen LogP contribution in [0.15, 0.2) is 36.4 Å². The molecule has 0 amide bonds. The molecule has 2 nitrogen and oxygen atoms in total. The van der Waals surface area contributed by atoms with Crippen molar-refractivity contribution in [2.45, 2.75) is 39.7 Å². The highest BCUT2D eigenvalue weighted by Gasteiger charge is 2.10. The second-order valence-electron chi connectivity index (χ2n) is 5.75. The lowest BCUT2D eigenvalue weighted by Gasteiger charge is -2.13. The minimum absolute atomic E-state index is 0.193. The Kier molecular flexibility index (Phi) is 4.63. The molecule has 3 heteroatoms. The Bertz CT molecular complexity index is 635. The summed E-state index contributed by atoms with van der Waals surface area (Å²) in [7, 11) is 0. The van der Waals surface area contributed by atoms with Crippen molar-refractivity contribution in [3.63, 3.8) is 0 Å². The highest BCUT2D eigenvalue weighted by atomic mass is 19.1. The molecule has 0 aliphatic carbocycles. The second-order valence-corrected chi connectivity index (χ2v) is 5.75. The molecule has 2 aromatic rings. The number of aryl methyl sites for hydroxylation is 1. The Labute approximate surface area is 125 Å². The third kappa shape index (κ3) is 3.61. The van der Waals surface area contributed by atoms with Crippen molar-refractivity contribution in [1.29, 1.82) is 0 Å². The number of rotatable bonds is 4. The predicted molar refractivity (Wildman–Crippen MR) is 84.3 cm³/mol. The number of hydrogen-bond donors (Lipinski definition) is 1. The first-order valence-corrected chi connectivity index (χ1v) is 7.22. The van der Waals surface area contributed by atoms with Gasteiger partial charge in [0.25, 0.3) is 0 Å². The van der Waals surface area contributed by atoms with Gasteiger partial charge in [0.15, 0.2) is 11.6 Å². The predicted octanol–water partition coefficient (Wildman–Crippen LogP) is 5.07. The Balaban J connectivity index is 2.24. The van der Waals surface area contributed by atoms with Crippen LogP contribution in [0.25, 0.3) is 0 Å². The zero-order valence-corrected chi connectivity index (χ0v) is 13.0. The van der Waals surface area contributed by atoms with E-state index in [9.17, 15) is 4.39 Å². The molecule has 1 atom stereocenters. The maximum atomic E-state index is 14.0. The summed E-state index contributed by atoms with van der Waals surface area (Å²) in [5.74, 6) is 0.928. The van der Waals surface area contributed by atoms with Crippen molar-refractivity contribution in [2.24, 2.45) is 5.73 Å². The van der Waals surface area contributed by atoms with Crippen LogP contribution in [0.1, 0.15) is 49.4 Å². The summed E-state index contributed by atoms with van der Waals surface area (Å²) in [5, 5.41) is 0. The summed E-state index contributed by atoms with van der Waals surface area (Å²) < 4.78 is 19.7. The number of halogens is 1. The minimum Gasteiger partial charge on any atom is -0.454 e. The Morgan fingerprint density at radius 1 is 1.05 bits per heavy atom. The van der Waals surface area contributed by atoms with E-state index in [0.29, 0.717) is 11.7 Å². The lowest BCUT2D eigenvalue weighted by molar-refractivity contribution is 0.440. The summed E-state index contributed by atoms with van der Waals surface area (Å²) in [6.07, 6.45) is 0. The quantitative estimate of drug-likeness (QED) is 0.852. The molecule has 1 unspecified atom stereocenters. The average molecular weight is 287 g/mol. The van der Waals surface area contributed by atoms with E-state index in [1.54, 1.807) is 12.1 Å². The molecule has 0 fully saturated rings. The van der Waals surface area contributed by atoms with Gasteiger partial charge in [0.1, 0.15) is 5.75 Å². The van der Waals surface area contributed by atoms with Gasteiger partial charge in [0.2, 0.25) is 0 Å². The van der Waals surface area contributed by atoms with Gasteiger partial charge in [-0.15, -0.1) is 0 Å². The van der Waals surface area contributed by atoms with Crippen molar-refractivity contribution in [3.05, 3.63) is 58.9 Å². The van der Waals surface area contributed by atoms with Crippen LogP contribution in [0.4, 0.5) is 4.39 Å². The van der Waals surface area contributed by atoms with Crippen LogP contribution in [-0.2, 0) is 0 Å². The van der Waals surface area contributed by atoms with Crippen molar-refractivity contribution < 1.29 is 9.13 Å². The van der Waals surface area contributed by atoms with Crippen molar-refractivity contribution in [2.75, 3.05) is 0 Å². The molecule has 0 saturated heterocycles. The smallest absolute Gasteiger partial charge is 0.166 e. The molecule has 0 aromatic heterocycles. The van der Waals surface area contributed by atoms with E-state index in [-0.39, 0.29) is 11.8 Å². The van der Waals surface area contributed by atoms with Crippen molar-refractivity contribution >= 4 is 0 Å². The number of ether oxygens (including phenoxy) is 1. The van der Waals surface area contributed by atoms with E-state index in [0.717, 1.165) is 11.1 Å². The maximum Gasteiger partial charge on any atom is 0.166 e. The number of hydrogen-bond acceptors (Lipinski definition) is 2. The van der Waals surface area contributed by atoms with Crippen molar-refractivity contribution in [3.8, 4) is 11.5 Å². The van der Waals surface area contributed by atoms with Crippen LogP contribution in [-0.4, -0.2) is 0 Å².